The van der Waals surface area contributed by atoms with Crippen molar-refractivity contribution in [2.45, 2.75) is 33.1 Å². The van der Waals surface area contributed by atoms with Crippen molar-refractivity contribution in [3.8, 4) is 0 Å². The van der Waals surface area contributed by atoms with Gasteiger partial charge in [0.05, 0.1) is 12.9 Å². The second-order valence-corrected chi connectivity index (χ2v) is 3.64. The Morgan fingerprint density at radius 1 is 1.67 bits per heavy atom. The van der Waals surface area contributed by atoms with Crippen molar-refractivity contribution in [1.82, 2.24) is 0 Å². The van der Waals surface area contributed by atoms with Gasteiger partial charge in [-0.15, -0.1) is 0 Å². The molecule has 0 N–H and O–H groups in total. The normalized spacial score (nSPS) is 17.1. The lowest BCUT2D eigenvalue weighted by molar-refractivity contribution is -0.116. The third kappa shape index (κ3) is 2.68. The molecule has 0 spiro atoms. The Balaban J connectivity index is 2.45. The monoisotopic (exact) mass is 168 g/mol. The molecule has 0 bridgehead atoms. The van der Waals surface area contributed by atoms with Crippen LogP contribution < -0.4 is 0 Å². The summed E-state index contributed by atoms with van der Waals surface area (Å²) in [7, 11) is 0. The molecule has 0 fully saturated rings. The molecule has 1 aliphatic rings. The predicted octanol–water partition coefficient (Wildman–Crippen LogP) is 2.30. The maximum Gasteiger partial charge on any atom is 0.162 e. The molecule has 0 saturated carbocycles. The predicted molar refractivity (Wildman–Crippen MR) is 47.7 cm³/mol. The minimum Gasteiger partial charge on any atom is -0.501 e. The SMILES string of the molecule is CC(C)CC(=O)C1=COCCC1. The largest absolute Gasteiger partial charge is 0.501 e. The number of ketones is 1. The van der Waals surface area contributed by atoms with E-state index in [1.807, 2.05) is 0 Å². The number of allylic oxidation sites excluding steroid dienone is 1. The molecule has 0 saturated heterocycles. The van der Waals surface area contributed by atoms with Crippen LogP contribution in [0.4, 0.5) is 0 Å². The number of hydrogen-bond acceptors (Lipinski definition) is 2. The summed E-state index contributed by atoms with van der Waals surface area (Å²) in [6, 6.07) is 0. The van der Waals surface area contributed by atoms with E-state index < -0.39 is 0 Å². The van der Waals surface area contributed by atoms with Gasteiger partial charge in [-0.1, -0.05) is 13.8 Å². The van der Waals surface area contributed by atoms with Crippen LogP contribution in [0.15, 0.2) is 11.8 Å². The van der Waals surface area contributed by atoms with Crippen LogP contribution in [-0.4, -0.2) is 12.4 Å². The first-order valence-corrected chi connectivity index (χ1v) is 4.54. The van der Waals surface area contributed by atoms with Crippen LogP contribution in [0.3, 0.4) is 0 Å². The number of carbonyl (C=O) groups is 1. The standard InChI is InChI=1S/C10H16O2/c1-8(2)6-10(11)9-4-3-5-12-7-9/h7-8H,3-6H2,1-2H3. The van der Waals surface area contributed by atoms with Crippen LogP contribution in [0.25, 0.3) is 0 Å². The van der Waals surface area contributed by atoms with E-state index in [0.29, 0.717) is 12.3 Å². The Kier molecular flexibility index (Phi) is 3.32. The average Bonchev–Trinajstić information content (AvgIpc) is 2.05. The van der Waals surface area contributed by atoms with E-state index in [9.17, 15) is 4.79 Å². The van der Waals surface area contributed by atoms with Crippen molar-refractivity contribution in [2.24, 2.45) is 5.92 Å². The van der Waals surface area contributed by atoms with E-state index in [-0.39, 0.29) is 5.78 Å². The minimum absolute atomic E-state index is 0.254. The fourth-order valence-corrected chi connectivity index (χ4v) is 1.27. The fourth-order valence-electron chi connectivity index (χ4n) is 1.27. The van der Waals surface area contributed by atoms with Gasteiger partial charge in [-0.3, -0.25) is 4.79 Å². The molecule has 0 radical (unpaired) electrons. The molecular formula is C10H16O2. The summed E-state index contributed by atoms with van der Waals surface area (Å²) in [5.41, 5.74) is 0.870. The van der Waals surface area contributed by atoms with Crippen LogP contribution in [0.5, 0.6) is 0 Å². The lowest BCUT2D eigenvalue weighted by Gasteiger charge is -2.13. The Labute approximate surface area is 73.6 Å². The minimum atomic E-state index is 0.254. The summed E-state index contributed by atoms with van der Waals surface area (Å²) in [6.07, 6.45) is 4.16. The second-order valence-electron chi connectivity index (χ2n) is 3.64. The topological polar surface area (TPSA) is 26.3 Å². The molecule has 2 heteroatoms. The molecule has 0 aromatic heterocycles. The van der Waals surface area contributed by atoms with Crippen molar-refractivity contribution in [2.75, 3.05) is 6.61 Å². The molecule has 2 nitrogen and oxygen atoms in total. The summed E-state index contributed by atoms with van der Waals surface area (Å²) >= 11 is 0. The van der Waals surface area contributed by atoms with Gasteiger partial charge in [0, 0.05) is 12.0 Å². The molecule has 0 aromatic rings. The highest BCUT2D eigenvalue weighted by atomic mass is 16.5. The van der Waals surface area contributed by atoms with Gasteiger partial charge in [0.25, 0.3) is 0 Å². The van der Waals surface area contributed by atoms with Gasteiger partial charge in [-0.25, -0.2) is 0 Å². The lowest BCUT2D eigenvalue weighted by atomic mass is 9.98. The fraction of sp³-hybridized carbons (Fsp3) is 0.700. The molecule has 1 heterocycles. The van der Waals surface area contributed by atoms with Crippen molar-refractivity contribution < 1.29 is 9.53 Å². The van der Waals surface area contributed by atoms with E-state index in [0.717, 1.165) is 25.0 Å². The van der Waals surface area contributed by atoms with Crippen LogP contribution >= 0.6 is 0 Å². The van der Waals surface area contributed by atoms with Crippen molar-refractivity contribution in [3.05, 3.63) is 11.8 Å². The summed E-state index contributed by atoms with van der Waals surface area (Å²) < 4.78 is 5.10. The van der Waals surface area contributed by atoms with Crippen LogP contribution in [0, 0.1) is 5.92 Å². The van der Waals surface area contributed by atoms with E-state index in [1.54, 1.807) is 6.26 Å². The molecule has 0 amide bonds. The Bertz CT molecular complexity index is 192. The van der Waals surface area contributed by atoms with E-state index >= 15 is 0 Å². The number of hydrogen-bond donors (Lipinski definition) is 0. The molecule has 0 aliphatic carbocycles. The number of Topliss-reactive ketones (excluding diaryl/α,β-unsaturated/α-hetero) is 1. The Morgan fingerprint density at radius 3 is 2.92 bits per heavy atom. The van der Waals surface area contributed by atoms with Gasteiger partial charge < -0.3 is 4.74 Å². The number of ether oxygens (including phenoxy) is 1. The highest BCUT2D eigenvalue weighted by molar-refractivity contribution is 5.95. The highest BCUT2D eigenvalue weighted by Gasteiger charge is 2.13. The highest BCUT2D eigenvalue weighted by Crippen LogP contribution is 2.16. The maximum absolute atomic E-state index is 11.5. The zero-order valence-corrected chi connectivity index (χ0v) is 7.80. The summed E-state index contributed by atoms with van der Waals surface area (Å²) in [4.78, 5) is 11.5. The van der Waals surface area contributed by atoms with E-state index in [1.165, 1.54) is 0 Å². The quantitative estimate of drug-likeness (QED) is 0.646. The molecule has 0 aromatic carbocycles. The molecule has 1 aliphatic heterocycles. The van der Waals surface area contributed by atoms with E-state index in [2.05, 4.69) is 13.8 Å². The van der Waals surface area contributed by atoms with Gasteiger partial charge in [-0.2, -0.15) is 0 Å². The van der Waals surface area contributed by atoms with Crippen molar-refractivity contribution >= 4 is 5.78 Å². The van der Waals surface area contributed by atoms with Gasteiger partial charge in [0.2, 0.25) is 0 Å². The van der Waals surface area contributed by atoms with Crippen molar-refractivity contribution in [1.29, 1.82) is 0 Å². The maximum atomic E-state index is 11.5. The van der Waals surface area contributed by atoms with Crippen LogP contribution in [0.1, 0.15) is 33.1 Å². The second kappa shape index (κ2) is 4.29. The molecular weight excluding hydrogens is 152 g/mol. The van der Waals surface area contributed by atoms with Crippen LogP contribution in [-0.2, 0) is 9.53 Å². The van der Waals surface area contributed by atoms with Gasteiger partial charge >= 0.3 is 0 Å². The Morgan fingerprint density at radius 2 is 2.42 bits per heavy atom. The third-order valence-electron chi connectivity index (χ3n) is 1.89. The zero-order chi connectivity index (χ0) is 8.97. The molecule has 0 unspecified atom stereocenters. The first-order valence-electron chi connectivity index (χ1n) is 4.54. The number of carbonyl (C=O) groups excluding carboxylic acids is 1. The van der Waals surface area contributed by atoms with Crippen molar-refractivity contribution in [3.63, 3.8) is 0 Å². The van der Waals surface area contributed by atoms with Gasteiger partial charge in [0.15, 0.2) is 5.78 Å². The average molecular weight is 168 g/mol. The first-order chi connectivity index (χ1) is 5.70. The Hall–Kier alpha value is -0.790. The summed E-state index contributed by atoms with van der Waals surface area (Å²) in [5, 5.41) is 0. The molecule has 1 rings (SSSR count). The lowest BCUT2D eigenvalue weighted by Crippen LogP contribution is -2.10. The molecule has 68 valence electrons. The van der Waals surface area contributed by atoms with Gasteiger partial charge in [0.1, 0.15) is 0 Å². The molecule has 12 heavy (non-hydrogen) atoms. The van der Waals surface area contributed by atoms with E-state index in [4.69, 9.17) is 4.74 Å². The smallest absolute Gasteiger partial charge is 0.162 e. The van der Waals surface area contributed by atoms with Gasteiger partial charge in [-0.05, 0) is 18.8 Å². The van der Waals surface area contributed by atoms with Crippen LogP contribution in [0.2, 0.25) is 0 Å². The third-order valence-corrected chi connectivity index (χ3v) is 1.89. The summed E-state index contributed by atoms with van der Waals surface area (Å²) in [5.74, 6) is 0.699. The zero-order valence-electron chi connectivity index (χ0n) is 7.80. The summed E-state index contributed by atoms with van der Waals surface area (Å²) in [6.45, 7) is 4.88. The molecule has 0 atom stereocenters. The first kappa shape index (κ1) is 9.30. The number of rotatable bonds is 3.